The van der Waals surface area contributed by atoms with Gasteiger partial charge in [0, 0.05) is 20.1 Å². The third-order valence-electron chi connectivity index (χ3n) is 1.72. The van der Waals surface area contributed by atoms with Gasteiger partial charge < -0.3 is 11.5 Å². The number of azo groups is 1. The maximum absolute atomic E-state index is 5.53. The molecule has 0 radical (unpaired) electrons. The van der Waals surface area contributed by atoms with Crippen LogP contribution in [0, 0.1) is 0 Å². The van der Waals surface area contributed by atoms with Gasteiger partial charge >= 0.3 is 0 Å². The van der Waals surface area contributed by atoms with Crippen LogP contribution in [0.25, 0.3) is 0 Å². The van der Waals surface area contributed by atoms with E-state index >= 15 is 0 Å². The number of benzene rings is 1. The average molecular weight is 178 g/mol. The fraction of sp³-hybridized carbons (Fsp3) is 0.333. The van der Waals surface area contributed by atoms with Crippen molar-refractivity contribution >= 4 is 5.69 Å². The van der Waals surface area contributed by atoms with E-state index in [1.807, 2.05) is 18.2 Å². The molecule has 1 aromatic rings. The van der Waals surface area contributed by atoms with Gasteiger partial charge in [0.25, 0.3) is 0 Å². The predicted molar refractivity (Wildman–Crippen MR) is 52.7 cm³/mol. The lowest BCUT2D eigenvalue weighted by Crippen LogP contribution is -2.00. The van der Waals surface area contributed by atoms with Crippen LogP contribution in [0.2, 0.25) is 0 Å². The molecule has 0 aliphatic carbocycles. The Kier molecular flexibility index (Phi) is 3.54. The molecule has 70 valence electrons. The van der Waals surface area contributed by atoms with Crippen LogP contribution in [0.5, 0.6) is 0 Å². The van der Waals surface area contributed by atoms with Crippen molar-refractivity contribution in [3.05, 3.63) is 29.3 Å². The Balaban J connectivity index is 3.07. The third kappa shape index (κ3) is 2.61. The van der Waals surface area contributed by atoms with Gasteiger partial charge in [-0.3, -0.25) is 0 Å². The highest BCUT2D eigenvalue weighted by Crippen LogP contribution is 2.17. The summed E-state index contributed by atoms with van der Waals surface area (Å²) >= 11 is 0. The van der Waals surface area contributed by atoms with Crippen molar-refractivity contribution in [2.75, 3.05) is 7.05 Å². The number of nitrogens with zero attached hydrogens (tertiary/aromatic N) is 2. The molecule has 4 heteroatoms. The van der Waals surface area contributed by atoms with Crippen molar-refractivity contribution in [1.29, 1.82) is 0 Å². The predicted octanol–water partition coefficient (Wildman–Crippen LogP) is 1.32. The summed E-state index contributed by atoms with van der Waals surface area (Å²) in [5.41, 5.74) is 13.9. The van der Waals surface area contributed by atoms with Gasteiger partial charge in [-0.2, -0.15) is 10.2 Å². The van der Waals surface area contributed by atoms with E-state index in [4.69, 9.17) is 11.5 Å². The first-order valence-corrected chi connectivity index (χ1v) is 4.13. The molecule has 0 atom stereocenters. The minimum absolute atomic E-state index is 0.500. The third-order valence-corrected chi connectivity index (χ3v) is 1.72. The molecule has 0 spiro atoms. The van der Waals surface area contributed by atoms with E-state index in [2.05, 4.69) is 10.2 Å². The highest BCUT2D eigenvalue weighted by Gasteiger charge is 1.97. The smallest absolute Gasteiger partial charge is 0.0858 e. The summed E-state index contributed by atoms with van der Waals surface area (Å²) in [6, 6.07) is 5.80. The summed E-state index contributed by atoms with van der Waals surface area (Å²) in [4.78, 5) is 0. The van der Waals surface area contributed by atoms with Crippen molar-refractivity contribution in [3.63, 3.8) is 0 Å². The van der Waals surface area contributed by atoms with E-state index < -0.39 is 0 Å². The van der Waals surface area contributed by atoms with Gasteiger partial charge in [0.05, 0.1) is 5.69 Å². The monoisotopic (exact) mass is 178 g/mol. The van der Waals surface area contributed by atoms with Crippen LogP contribution in [0.15, 0.2) is 28.4 Å². The number of hydrogen-bond acceptors (Lipinski definition) is 4. The molecule has 0 saturated heterocycles. The molecule has 4 nitrogen and oxygen atoms in total. The molecule has 1 aromatic carbocycles. The largest absolute Gasteiger partial charge is 0.326 e. The molecule has 0 aromatic heterocycles. The van der Waals surface area contributed by atoms with E-state index in [-0.39, 0.29) is 0 Å². The van der Waals surface area contributed by atoms with Gasteiger partial charge in [-0.05, 0) is 23.3 Å². The Morgan fingerprint density at radius 2 is 1.62 bits per heavy atom. The summed E-state index contributed by atoms with van der Waals surface area (Å²) in [7, 11) is 1.64. The van der Waals surface area contributed by atoms with Gasteiger partial charge in [0.1, 0.15) is 0 Å². The van der Waals surface area contributed by atoms with Gasteiger partial charge in [0.2, 0.25) is 0 Å². The molecule has 4 N–H and O–H groups in total. The summed E-state index contributed by atoms with van der Waals surface area (Å²) in [6.07, 6.45) is 0. The van der Waals surface area contributed by atoms with Crippen molar-refractivity contribution in [1.82, 2.24) is 0 Å². The maximum atomic E-state index is 5.53. The molecule has 0 aliphatic heterocycles. The lowest BCUT2D eigenvalue weighted by Gasteiger charge is -2.02. The Morgan fingerprint density at radius 3 is 2.00 bits per heavy atom. The Bertz CT molecular complexity index is 284. The molecular formula is C9H14N4. The topological polar surface area (TPSA) is 76.8 Å². The highest BCUT2D eigenvalue weighted by molar-refractivity contribution is 5.43. The molecule has 0 bridgehead atoms. The molecule has 0 amide bonds. The minimum atomic E-state index is 0.500. The molecule has 13 heavy (non-hydrogen) atoms. The molecule has 1 rings (SSSR count). The van der Waals surface area contributed by atoms with Crippen molar-refractivity contribution in [2.45, 2.75) is 13.1 Å². The number of nitrogens with two attached hydrogens (primary N) is 2. The molecule has 0 fully saturated rings. The van der Waals surface area contributed by atoms with Crippen molar-refractivity contribution in [2.24, 2.45) is 21.7 Å². The first kappa shape index (κ1) is 9.83. The molecular weight excluding hydrogens is 164 g/mol. The van der Waals surface area contributed by atoms with E-state index in [1.54, 1.807) is 7.05 Å². The standard InChI is InChI=1S/C9H14N4/c1-12-13-9-3-7(5-10)2-8(4-9)6-11/h2-4H,5-6,10-11H2,1H3/b13-12+. The maximum Gasteiger partial charge on any atom is 0.0858 e. The summed E-state index contributed by atoms with van der Waals surface area (Å²) in [5, 5.41) is 7.64. The number of hydrogen-bond donors (Lipinski definition) is 2. The summed E-state index contributed by atoms with van der Waals surface area (Å²) in [5.74, 6) is 0. The SMILES string of the molecule is C/N=N/c1cc(CN)cc(CN)c1. The quantitative estimate of drug-likeness (QED) is 0.685. The molecule has 0 heterocycles. The molecule has 0 unspecified atom stereocenters. The van der Waals surface area contributed by atoms with Crippen LogP contribution in [0.3, 0.4) is 0 Å². The molecule has 0 saturated carbocycles. The Morgan fingerprint density at radius 1 is 1.08 bits per heavy atom. The van der Waals surface area contributed by atoms with Crippen molar-refractivity contribution in [3.8, 4) is 0 Å². The van der Waals surface area contributed by atoms with Crippen LogP contribution < -0.4 is 11.5 Å². The lowest BCUT2D eigenvalue weighted by atomic mass is 10.1. The Hall–Kier alpha value is -1.26. The average Bonchev–Trinajstić information content (AvgIpc) is 2.17. The second-order valence-electron chi connectivity index (χ2n) is 2.72. The zero-order chi connectivity index (χ0) is 9.68. The van der Waals surface area contributed by atoms with Gasteiger partial charge in [-0.15, -0.1) is 0 Å². The second-order valence-corrected chi connectivity index (χ2v) is 2.72. The fourth-order valence-electron chi connectivity index (χ4n) is 1.15. The second kappa shape index (κ2) is 4.69. The minimum Gasteiger partial charge on any atom is -0.326 e. The Labute approximate surface area is 77.7 Å². The lowest BCUT2D eigenvalue weighted by molar-refractivity contribution is 1.02. The van der Waals surface area contributed by atoms with Crippen LogP contribution in [0.1, 0.15) is 11.1 Å². The zero-order valence-electron chi connectivity index (χ0n) is 7.70. The van der Waals surface area contributed by atoms with Crippen LogP contribution in [0.4, 0.5) is 5.69 Å². The first-order valence-electron chi connectivity index (χ1n) is 4.13. The summed E-state index contributed by atoms with van der Waals surface area (Å²) < 4.78 is 0. The van der Waals surface area contributed by atoms with Crippen LogP contribution in [-0.2, 0) is 13.1 Å². The van der Waals surface area contributed by atoms with Gasteiger partial charge in [-0.1, -0.05) is 6.07 Å². The van der Waals surface area contributed by atoms with E-state index in [1.165, 1.54) is 0 Å². The highest BCUT2D eigenvalue weighted by atomic mass is 15.1. The van der Waals surface area contributed by atoms with Crippen LogP contribution >= 0.6 is 0 Å². The molecule has 0 aliphatic rings. The van der Waals surface area contributed by atoms with Gasteiger partial charge in [-0.25, -0.2) is 0 Å². The van der Waals surface area contributed by atoms with Crippen molar-refractivity contribution < 1.29 is 0 Å². The van der Waals surface area contributed by atoms with E-state index in [0.29, 0.717) is 13.1 Å². The van der Waals surface area contributed by atoms with Crippen LogP contribution in [-0.4, -0.2) is 7.05 Å². The normalized spacial score (nSPS) is 11.0. The number of rotatable bonds is 3. The van der Waals surface area contributed by atoms with Gasteiger partial charge in [0.15, 0.2) is 0 Å². The fourth-order valence-corrected chi connectivity index (χ4v) is 1.15. The zero-order valence-corrected chi connectivity index (χ0v) is 7.70. The van der Waals surface area contributed by atoms with E-state index in [0.717, 1.165) is 16.8 Å². The summed E-state index contributed by atoms with van der Waals surface area (Å²) in [6.45, 7) is 1.00. The first-order chi connectivity index (χ1) is 6.30. The van der Waals surface area contributed by atoms with E-state index in [9.17, 15) is 0 Å².